The van der Waals surface area contributed by atoms with E-state index in [9.17, 15) is 79.4 Å². The van der Waals surface area contributed by atoms with E-state index in [4.69, 9.17) is 4.74 Å². The van der Waals surface area contributed by atoms with Crippen molar-refractivity contribution in [2.75, 3.05) is 13.2 Å². The topological polar surface area (TPSA) is 35.5 Å². The fraction of sp³-hybridized carbons (Fsp3) is 0.750. The zero-order valence-corrected chi connectivity index (χ0v) is 24.9. The first-order chi connectivity index (χ1) is 21.7. The molecule has 0 fully saturated rings. The van der Waals surface area contributed by atoms with Crippen LogP contribution in [0.3, 0.4) is 0 Å². The summed E-state index contributed by atoms with van der Waals surface area (Å²) in [6.45, 7) is 0.361. The van der Waals surface area contributed by atoms with Gasteiger partial charge in [-0.3, -0.25) is 0 Å². The summed E-state index contributed by atoms with van der Waals surface area (Å²) in [5.41, 5.74) is -0.120. The van der Waals surface area contributed by atoms with Crippen LogP contribution in [0.25, 0.3) is 0 Å². The number of carbonyl (C=O) groups excluding carboxylic acids is 1. The van der Waals surface area contributed by atoms with Crippen molar-refractivity contribution in [3.8, 4) is 5.75 Å². The molecule has 3 nitrogen and oxygen atoms in total. The van der Waals surface area contributed by atoms with Gasteiger partial charge in [-0.1, -0.05) is 58.3 Å². The molecule has 1 aromatic rings. The summed E-state index contributed by atoms with van der Waals surface area (Å²) in [7, 11) is 0. The number of esters is 1. The number of carbonyl (C=O) groups is 1. The number of benzene rings is 1. The van der Waals surface area contributed by atoms with E-state index in [1.165, 1.54) is 6.42 Å². The summed E-state index contributed by atoms with van der Waals surface area (Å²) in [5, 5.41) is 0. The largest absolute Gasteiger partial charge is 0.493 e. The lowest BCUT2D eigenvalue weighted by Crippen LogP contribution is -2.74. The first kappa shape index (κ1) is 43.3. The fourth-order valence-corrected chi connectivity index (χ4v) is 4.00. The van der Waals surface area contributed by atoms with Crippen molar-refractivity contribution in [3.63, 3.8) is 0 Å². The second-order valence-electron chi connectivity index (χ2n) is 10.7. The van der Waals surface area contributed by atoms with E-state index in [1.807, 2.05) is 0 Å². The van der Waals surface area contributed by atoms with E-state index >= 15 is 0 Å². The van der Waals surface area contributed by atoms with Gasteiger partial charge in [0.2, 0.25) is 0 Å². The number of unbranched alkanes of at least 4 members (excludes halogenated alkanes) is 8. The van der Waals surface area contributed by atoms with Crippen molar-refractivity contribution in [2.45, 2.75) is 119 Å². The van der Waals surface area contributed by atoms with Gasteiger partial charge in [0.25, 0.3) is 0 Å². The van der Waals surface area contributed by atoms with Crippen LogP contribution < -0.4 is 4.74 Å². The minimum atomic E-state index is -8.67. The molecule has 1 rings (SSSR count). The summed E-state index contributed by atoms with van der Waals surface area (Å²) >= 11 is 0. The summed E-state index contributed by atoms with van der Waals surface area (Å²) < 4.78 is 237. The average Bonchev–Trinajstić information content (AvgIpc) is 2.97. The van der Waals surface area contributed by atoms with Gasteiger partial charge in [-0.2, -0.15) is 74.6 Å². The lowest BCUT2D eigenvalue weighted by Gasteiger charge is -2.42. The molecule has 20 heteroatoms. The van der Waals surface area contributed by atoms with Crippen LogP contribution in [0.15, 0.2) is 24.3 Å². The monoisotopic (exact) mass is 738 g/mol. The molecule has 0 bridgehead atoms. The predicted molar refractivity (Wildman–Crippen MR) is 135 cm³/mol. The summed E-state index contributed by atoms with van der Waals surface area (Å²) in [6, 6.07) is 3.68. The van der Waals surface area contributed by atoms with Gasteiger partial charge in [0.05, 0.1) is 25.2 Å². The molecule has 0 saturated carbocycles. The van der Waals surface area contributed by atoms with Gasteiger partial charge in [0.15, 0.2) is 0 Å². The van der Waals surface area contributed by atoms with E-state index in [2.05, 4.69) is 11.7 Å². The summed E-state index contributed by atoms with van der Waals surface area (Å²) in [4.78, 5) is 12.1. The molecule has 0 saturated heterocycles. The molecule has 0 atom stereocenters. The number of ether oxygens (including phenoxy) is 2. The molecule has 0 radical (unpaired) electrons. The second-order valence-corrected chi connectivity index (χ2v) is 10.7. The first-order valence-electron chi connectivity index (χ1n) is 14.3. The molecule has 0 N–H and O–H groups in total. The molecule has 0 aliphatic rings. The molecule has 0 aromatic heterocycles. The van der Waals surface area contributed by atoms with Crippen molar-refractivity contribution in [3.05, 3.63) is 29.8 Å². The highest BCUT2D eigenvalue weighted by Crippen LogP contribution is 2.64. The molecular weight excluding hydrogens is 707 g/mol. The summed E-state index contributed by atoms with van der Waals surface area (Å²) in [6.07, 6.45) is -1.62. The van der Waals surface area contributed by atoms with E-state index < -0.39 is 72.4 Å². The van der Waals surface area contributed by atoms with Gasteiger partial charge < -0.3 is 9.47 Å². The van der Waals surface area contributed by atoms with E-state index in [0.29, 0.717) is 6.42 Å². The second kappa shape index (κ2) is 15.9. The van der Waals surface area contributed by atoms with Crippen LogP contribution in [-0.4, -0.2) is 66.8 Å². The third kappa shape index (κ3) is 8.90. The summed E-state index contributed by atoms with van der Waals surface area (Å²) in [5.74, 6) is -58.1. The van der Waals surface area contributed by atoms with Gasteiger partial charge in [-0.05, 0) is 30.7 Å². The van der Waals surface area contributed by atoms with E-state index in [-0.39, 0.29) is 12.2 Å². The predicted octanol–water partition coefficient (Wildman–Crippen LogP) is 11.2. The van der Waals surface area contributed by atoms with E-state index in [0.717, 1.165) is 69.2 Å². The van der Waals surface area contributed by atoms with Crippen molar-refractivity contribution in [2.24, 2.45) is 0 Å². The van der Waals surface area contributed by atoms with Gasteiger partial charge in [-0.25, -0.2) is 4.79 Å². The van der Waals surface area contributed by atoms with Crippen LogP contribution in [0.2, 0.25) is 0 Å². The lowest BCUT2D eigenvalue weighted by atomic mass is 9.88. The smallest absolute Gasteiger partial charge is 0.460 e. The molecule has 0 heterocycles. The van der Waals surface area contributed by atoms with E-state index in [1.54, 1.807) is 0 Å². The fourth-order valence-electron chi connectivity index (χ4n) is 4.00. The molecule has 0 unspecified atom stereocenters. The Bertz CT molecular complexity index is 1150. The zero-order valence-electron chi connectivity index (χ0n) is 24.9. The number of hydrogen-bond donors (Lipinski definition) is 0. The van der Waals surface area contributed by atoms with Gasteiger partial charge >= 0.3 is 53.6 Å². The molecule has 280 valence electrons. The standard InChI is InChI=1S/C28H31F17O3/c1-2-3-4-5-6-7-8-9-10-16-48-20(46)18-11-13-19(14-12-18)47-17-15-21(29,30)22(31,32)23(33,34)24(35,36)25(37,38)26(39,40)27(41,42)28(43,44)45/h11-14H,2-10,15-17H2,1H3. The Morgan fingerprint density at radius 3 is 1.35 bits per heavy atom. The number of halogens is 17. The first-order valence-corrected chi connectivity index (χ1v) is 14.3. The maximum Gasteiger partial charge on any atom is 0.460 e. The highest BCUT2D eigenvalue weighted by atomic mass is 19.4. The van der Waals surface area contributed by atoms with Crippen LogP contribution >= 0.6 is 0 Å². The zero-order chi connectivity index (χ0) is 37.5. The van der Waals surface area contributed by atoms with Crippen molar-refractivity contribution in [1.29, 1.82) is 0 Å². The van der Waals surface area contributed by atoms with Crippen molar-refractivity contribution >= 4 is 5.97 Å². The Labute approximate surface area is 263 Å². The molecular formula is C28H31F17O3. The quantitative estimate of drug-likeness (QED) is 0.0716. The van der Waals surface area contributed by atoms with Crippen molar-refractivity contribution in [1.82, 2.24) is 0 Å². The highest BCUT2D eigenvalue weighted by Gasteiger charge is 2.95. The van der Waals surface area contributed by atoms with Crippen LogP contribution in [0.5, 0.6) is 5.75 Å². The van der Waals surface area contributed by atoms with Crippen LogP contribution in [0.4, 0.5) is 74.6 Å². The van der Waals surface area contributed by atoms with Crippen LogP contribution in [-0.2, 0) is 4.74 Å². The molecule has 1 aromatic carbocycles. The maximum atomic E-state index is 14.0. The number of hydrogen-bond acceptors (Lipinski definition) is 3. The normalized spacial score (nSPS) is 14.3. The average molecular weight is 739 g/mol. The third-order valence-electron chi connectivity index (χ3n) is 7.04. The Morgan fingerprint density at radius 2 is 0.917 bits per heavy atom. The minimum absolute atomic E-state index is 0.0498. The molecule has 0 spiro atoms. The molecule has 48 heavy (non-hydrogen) atoms. The van der Waals surface area contributed by atoms with Crippen molar-refractivity contribution < 1.29 is 88.9 Å². The van der Waals surface area contributed by atoms with Crippen LogP contribution in [0, 0.1) is 0 Å². The number of alkyl halides is 17. The Balaban J connectivity index is 2.83. The maximum absolute atomic E-state index is 14.0. The molecule has 0 aliphatic carbocycles. The molecule has 0 aliphatic heterocycles. The third-order valence-corrected chi connectivity index (χ3v) is 7.04. The molecule has 0 amide bonds. The Hall–Kier alpha value is -2.70. The van der Waals surface area contributed by atoms with Gasteiger partial charge in [-0.15, -0.1) is 0 Å². The van der Waals surface area contributed by atoms with Gasteiger partial charge in [0.1, 0.15) is 5.75 Å². The Morgan fingerprint density at radius 1 is 0.521 bits per heavy atom. The highest BCUT2D eigenvalue weighted by molar-refractivity contribution is 5.89. The lowest BCUT2D eigenvalue weighted by molar-refractivity contribution is -0.461. The minimum Gasteiger partial charge on any atom is -0.493 e. The van der Waals surface area contributed by atoms with Crippen LogP contribution in [0.1, 0.15) is 81.5 Å². The van der Waals surface area contributed by atoms with Gasteiger partial charge in [0, 0.05) is 0 Å². The number of rotatable bonds is 21. The Kier molecular flexibility index (Phi) is 14.3. The SMILES string of the molecule is CCCCCCCCCCCOC(=O)c1ccc(OCCC(F)(F)C(F)(F)C(F)(F)C(F)(F)C(F)(F)C(F)(F)C(F)(F)C(F)(F)F)cc1.